The van der Waals surface area contributed by atoms with Gasteiger partial charge >= 0.3 is 0 Å². The van der Waals surface area contributed by atoms with Gasteiger partial charge < -0.3 is 9.84 Å². The first-order valence-electron chi connectivity index (χ1n) is 10.3. The summed E-state index contributed by atoms with van der Waals surface area (Å²) in [6.45, 7) is 4.38. The molecule has 0 aromatic heterocycles. The van der Waals surface area contributed by atoms with Crippen LogP contribution in [0.15, 0.2) is 97.1 Å². The summed E-state index contributed by atoms with van der Waals surface area (Å²) >= 11 is 0. The quantitative estimate of drug-likeness (QED) is 0.340. The van der Waals surface area contributed by atoms with E-state index in [9.17, 15) is 9.90 Å². The second-order valence-corrected chi connectivity index (χ2v) is 7.78. The van der Waals surface area contributed by atoms with Crippen molar-refractivity contribution in [3.05, 3.63) is 114 Å². The third kappa shape index (κ3) is 4.84. The molecule has 4 rings (SSSR count). The van der Waals surface area contributed by atoms with Crippen molar-refractivity contribution >= 4 is 5.78 Å². The van der Waals surface area contributed by atoms with Crippen molar-refractivity contribution in [2.45, 2.75) is 19.8 Å². The Morgan fingerprint density at radius 3 is 1.55 bits per heavy atom. The fourth-order valence-electron chi connectivity index (χ4n) is 3.36. The van der Waals surface area contributed by atoms with E-state index >= 15 is 0 Å². The van der Waals surface area contributed by atoms with Crippen molar-refractivity contribution < 1.29 is 14.6 Å². The fraction of sp³-hybridized carbons (Fsp3) is 0.107. The average Bonchev–Trinajstić information content (AvgIpc) is 2.80. The molecule has 0 spiro atoms. The highest BCUT2D eigenvalue weighted by Gasteiger charge is 2.09. The molecule has 31 heavy (non-hydrogen) atoms. The molecule has 3 nitrogen and oxygen atoms in total. The second kappa shape index (κ2) is 8.88. The van der Waals surface area contributed by atoms with Crippen LogP contribution in [0.4, 0.5) is 0 Å². The van der Waals surface area contributed by atoms with Gasteiger partial charge in [0.1, 0.15) is 11.5 Å². The van der Waals surface area contributed by atoms with E-state index in [0.717, 1.165) is 11.3 Å². The average molecular weight is 407 g/mol. The van der Waals surface area contributed by atoms with E-state index in [0.29, 0.717) is 22.8 Å². The summed E-state index contributed by atoms with van der Waals surface area (Å²) in [5, 5.41) is 11.2. The van der Waals surface area contributed by atoms with Crippen LogP contribution in [0.3, 0.4) is 0 Å². The van der Waals surface area contributed by atoms with Gasteiger partial charge in [0, 0.05) is 11.1 Å². The maximum absolute atomic E-state index is 12.5. The summed E-state index contributed by atoms with van der Waals surface area (Å²) in [6, 6.07) is 29.5. The smallest absolute Gasteiger partial charge is 0.193 e. The molecule has 0 saturated carbocycles. The lowest BCUT2D eigenvalue weighted by molar-refractivity contribution is -0.268. The van der Waals surface area contributed by atoms with Crippen LogP contribution >= 0.6 is 0 Å². The summed E-state index contributed by atoms with van der Waals surface area (Å²) in [5.74, 6) is 1.66. The minimum Gasteiger partial charge on any atom is -0.872 e. The highest BCUT2D eigenvalue weighted by Crippen LogP contribution is 2.27. The zero-order valence-corrected chi connectivity index (χ0v) is 17.5. The van der Waals surface area contributed by atoms with Crippen molar-refractivity contribution in [2.24, 2.45) is 0 Å². The van der Waals surface area contributed by atoms with Gasteiger partial charge in [0.2, 0.25) is 0 Å². The van der Waals surface area contributed by atoms with Crippen LogP contribution in [0, 0.1) is 0 Å². The second-order valence-electron chi connectivity index (χ2n) is 7.78. The Bertz CT molecular complexity index is 1160. The van der Waals surface area contributed by atoms with Gasteiger partial charge in [-0.3, -0.25) is 4.79 Å². The van der Waals surface area contributed by atoms with E-state index in [1.807, 2.05) is 24.3 Å². The SMILES string of the molecule is CC(C)c1ccc(-c2ccc(Oc3ccc(C(=O)c4ccc([O-])cc4)cc3)cc2)cc1. The Labute approximate surface area is 182 Å². The number of benzene rings is 4. The number of carbonyl (C=O) groups is 1. The molecule has 0 unspecified atom stereocenters. The highest BCUT2D eigenvalue weighted by molar-refractivity contribution is 6.09. The van der Waals surface area contributed by atoms with E-state index in [2.05, 4.69) is 38.1 Å². The van der Waals surface area contributed by atoms with Gasteiger partial charge in [-0.2, -0.15) is 0 Å². The molecule has 0 aliphatic rings. The van der Waals surface area contributed by atoms with Crippen LogP contribution in [0.1, 0.15) is 41.3 Å². The molecule has 0 atom stereocenters. The van der Waals surface area contributed by atoms with Crippen molar-refractivity contribution in [2.75, 3.05) is 0 Å². The van der Waals surface area contributed by atoms with E-state index in [4.69, 9.17) is 4.74 Å². The van der Waals surface area contributed by atoms with E-state index in [1.54, 1.807) is 36.4 Å². The minimum absolute atomic E-state index is 0.112. The standard InChI is InChI=1S/C28H24O3/c1-19(2)20-3-5-21(6-4-20)22-9-15-26(16-10-22)31-27-17-11-24(12-18-27)28(30)23-7-13-25(29)14-8-23/h3-19,29H,1-2H3/p-1. The van der Waals surface area contributed by atoms with E-state index < -0.39 is 0 Å². The monoisotopic (exact) mass is 407 g/mol. The van der Waals surface area contributed by atoms with Crippen molar-refractivity contribution in [3.63, 3.8) is 0 Å². The predicted octanol–water partition coefficient (Wildman–Crippen LogP) is 6.57. The first-order chi connectivity index (χ1) is 15.0. The lowest BCUT2D eigenvalue weighted by Gasteiger charge is -2.10. The summed E-state index contributed by atoms with van der Waals surface area (Å²) < 4.78 is 5.92. The lowest BCUT2D eigenvalue weighted by atomic mass is 9.99. The van der Waals surface area contributed by atoms with E-state index in [-0.39, 0.29) is 11.5 Å². The van der Waals surface area contributed by atoms with Gasteiger partial charge in [0.05, 0.1) is 0 Å². The number of ether oxygens (including phenoxy) is 1. The molecule has 4 aromatic carbocycles. The van der Waals surface area contributed by atoms with Gasteiger partial charge in [-0.15, -0.1) is 5.75 Å². The fourth-order valence-corrected chi connectivity index (χ4v) is 3.36. The zero-order valence-electron chi connectivity index (χ0n) is 17.5. The van der Waals surface area contributed by atoms with E-state index in [1.165, 1.54) is 23.3 Å². The third-order valence-corrected chi connectivity index (χ3v) is 5.23. The summed E-state index contributed by atoms with van der Waals surface area (Å²) in [5.41, 5.74) is 4.67. The number of hydrogen-bond donors (Lipinski definition) is 0. The largest absolute Gasteiger partial charge is 0.872 e. The molecule has 0 amide bonds. The van der Waals surface area contributed by atoms with Crippen LogP contribution in [0.5, 0.6) is 17.2 Å². The van der Waals surface area contributed by atoms with Crippen LogP contribution in [-0.2, 0) is 0 Å². The molecule has 0 fully saturated rings. The molecule has 3 heteroatoms. The summed E-state index contributed by atoms with van der Waals surface area (Å²) in [7, 11) is 0. The molecule has 0 saturated heterocycles. The molecular weight excluding hydrogens is 384 g/mol. The molecule has 154 valence electrons. The normalized spacial score (nSPS) is 10.8. The molecule has 0 radical (unpaired) electrons. The molecule has 4 aromatic rings. The van der Waals surface area contributed by atoms with Crippen LogP contribution in [0.2, 0.25) is 0 Å². The number of hydrogen-bond acceptors (Lipinski definition) is 3. The van der Waals surface area contributed by atoms with Crippen LogP contribution in [-0.4, -0.2) is 5.78 Å². The Hall–Kier alpha value is -3.85. The van der Waals surface area contributed by atoms with Gasteiger partial charge in [-0.1, -0.05) is 74.5 Å². The van der Waals surface area contributed by atoms with Gasteiger partial charge in [-0.05, 0) is 59.0 Å². The minimum atomic E-state index is -0.126. The van der Waals surface area contributed by atoms with Gasteiger partial charge in [0.25, 0.3) is 0 Å². The predicted molar refractivity (Wildman–Crippen MR) is 122 cm³/mol. The Balaban J connectivity index is 1.43. The lowest BCUT2D eigenvalue weighted by Crippen LogP contribution is -2.01. The molecular formula is C28H23O3-. The van der Waals surface area contributed by atoms with Crippen molar-refractivity contribution in [1.82, 2.24) is 0 Å². The maximum atomic E-state index is 12.5. The molecule has 0 heterocycles. The van der Waals surface area contributed by atoms with Crippen molar-refractivity contribution in [1.29, 1.82) is 0 Å². The maximum Gasteiger partial charge on any atom is 0.193 e. The third-order valence-electron chi connectivity index (χ3n) is 5.23. The molecule has 0 aliphatic carbocycles. The first-order valence-corrected chi connectivity index (χ1v) is 10.3. The molecule has 0 aliphatic heterocycles. The highest BCUT2D eigenvalue weighted by atomic mass is 16.5. The number of ketones is 1. The Morgan fingerprint density at radius 2 is 1.06 bits per heavy atom. The summed E-state index contributed by atoms with van der Waals surface area (Å²) in [4.78, 5) is 12.5. The zero-order chi connectivity index (χ0) is 21.8. The Kier molecular flexibility index (Phi) is 5.85. The Morgan fingerprint density at radius 1 is 0.645 bits per heavy atom. The van der Waals surface area contributed by atoms with Gasteiger partial charge in [-0.25, -0.2) is 0 Å². The first kappa shape index (κ1) is 20.4. The van der Waals surface area contributed by atoms with Crippen LogP contribution in [0.25, 0.3) is 11.1 Å². The topological polar surface area (TPSA) is 49.4 Å². The molecule has 0 bridgehead atoms. The summed E-state index contributed by atoms with van der Waals surface area (Å²) in [6.07, 6.45) is 0. The number of carbonyl (C=O) groups excluding carboxylic acids is 1. The van der Waals surface area contributed by atoms with Crippen molar-refractivity contribution in [3.8, 4) is 28.4 Å². The number of rotatable bonds is 6. The van der Waals surface area contributed by atoms with Gasteiger partial charge in [0.15, 0.2) is 5.78 Å². The molecule has 0 N–H and O–H groups in total. The van der Waals surface area contributed by atoms with Crippen LogP contribution < -0.4 is 9.84 Å².